The van der Waals surface area contributed by atoms with E-state index in [4.69, 9.17) is 5.11 Å². The third-order valence-electron chi connectivity index (χ3n) is 3.12. The van der Waals surface area contributed by atoms with E-state index in [1.54, 1.807) is 0 Å². The minimum Gasteiger partial charge on any atom is -0.481 e. The van der Waals surface area contributed by atoms with Gasteiger partial charge in [0.1, 0.15) is 11.6 Å². The van der Waals surface area contributed by atoms with E-state index >= 15 is 0 Å². The Hall–Kier alpha value is -1.96. The molecular weight excluding hydrogens is 313 g/mol. The van der Waals surface area contributed by atoms with Gasteiger partial charge in [-0.2, -0.15) is 0 Å². The second kappa shape index (κ2) is 7.35. The topological polar surface area (TPSA) is 101 Å². The van der Waals surface area contributed by atoms with Crippen molar-refractivity contribution >= 4 is 21.7 Å². The molecular formula is C14H18FNO5S. The van der Waals surface area contributed by atoms with Crippen LogP contribution in [-0.4, -0.2) is 42.9 Å². The summed E-state index contributed by atoms with van der Waals surface area (Å²) < 4.78 is 36.1. The maximum absolute atomic E-state index is 12.8. The first-order valence-electron chi connectivity index (χ1n) is 6.60. The van der Waals surface area contributed by atoms with Crippen molar-refractivity contribution in [2.45, 2.75) is 25.0 Å². The maximum atomic E-state index is 12.8. The van der Waals surface area contributed by atoms with Crippen molar-refractivity contribution in [3.8, 4) is 0 Å². The molecule has 0 saturated carbocycles. The molecule has 0 aliphatic heterocycles. The van der Waals surface area contributed by atoms with E-state index in [-0.39, 0.29) is 6.54 Å². The molecule has 1 aromatic rings. The Morgan fingerprint density at radius 1 is 1.23 bits per heavy atom. The van der Waals surface area contributed by atoms with Gasteiger partial charge in [0.2, 0.25) is 5.91 Å². The SMILES string of the molecule is CC(C)S(=O)(=O)CC(=O)NCC(C(=O)O)c1ccc(F)cc1. The Labute approximate surface area is 128 Å². The molecule has 0 heterocycles. The van der Waals surface area contributed by atoms with E-state index in [2.05, 4.69) is 5.32 Å². The molecule has 0 aliphatic carbocycles. The highest BCUT2D eigenvalue weighted by molar-refractivity contribution is 7.92. The van der Waals surface area contributed by atoms with Gasteiger partial charge in [-0.15, -0.1) is 0 Å². The van der Waals surface area contributed by atoms with Gasteiger partial charge in [0.05, 0.1) is 11.2 Å². The van der Waals surface area contributed by atoms with E-state index in [1.165, 1.54) is 26.0 Å². The van der Waals surface area contributed by atoms with Gasteiger partial charge >= 0.3 is 5.97 Å². The number of hydrogen-bond acceptors (Lipinski definition) is 4. The molecule has 8 heteroatoms. The third kappa shape index (κ3) is 5.10. The van der Waals surface area contributed by atoms with E-state index in [1.807, 2.05) is 0 Å². The van der Waals surface area contributed by atoms with Crippen LogP contribution in [0.3, 0.4) is 0 Å². The molecule has 0 spiro atoms. The number of rotatable bonds is 7. The van der Waals surface area contributed by atoms with E-state index in [0.717, 1.165) is 12.1 Å². The Morgan fingerprint density at radius 3 is 2.23 bits per heavy atom. The standard InChI is InChI=1S/C14H18FNO5S/c1-9(2)22(20,21)8-13(17)16-7-12(14(18)19)10-3-5-11(15)6-4-10/h3-6,9,12H,7-8H2,1-2H3,(H,16,17)(H,18,19). The number of aliphatic carboxylic acids is 1. The van der Waals surface area contributed by atoms with Crippen LogP contribution in [0.15, 0.2) is 24.3 Å². The van der Waals surface area contributed by atoms with E-state index in [0.29, 0.717) is 5.56 Å². The van der Waals surface area contributed by atoms with E-state index in [9.17, 15) is 22.4 Å². The molecule has 1 rings (SSSR count). The lowest BCUT2D eigenvalue weighted by Gasteiger charge is -2.14. The van der Waals surface area contributed by atoms with Crippen molar-refractivity contribution < 1.29 is 27.5 Å². The van der Waals surface area contributed by atoms with Gasteiger partial charge in [0.25, 0.3) is 0 Å². The predicted octanol–water partition coefficient (Wildman–Crippen LogP) is 0.933. The van der Waals surface area contributed by atoms with Crippen LogP contribution in [0.5, 0.6) is 0 Å². The van der Waals surface area contributed by atoms with Crippen LogP contribution in [0.2, 0.25) is 0 Å². The minimum atomic E-state index is -3.54. The van der Waals surface area contributed by atoms with Gasteiger partial charge in [-0.05, 0) is 31.5 Å². The third-order valence-corrected chi connectivity index (χ3v) is 5.23. The first kappa shape index (κ1) is 18.1. The number of nitrogens with one attached hydrogen (secondary N) is 1. The zero-order chi connectivity index (χ0) is 16.9. The first-order chi connectivity index (χ1) is 10.1. The van der Waals surface area contributed by atoms with Gasteiger partial charge in [-0.25, -0.2) is 12.8 Å². The monoisotopic (exact) mass is 331 g/mol. The van der Waals surface area contributed by atoms with Gasteiger partial charge < -0.3 is 10.4 Å². The van der Waals surface area contributed by atoms with Crippen molar-refractivity contribution in [2.75, 3.05) is 12.3 Å². The van der Waals surface area contributed by atoms with Gasteiger partial charge in [-0.1, -0.05) is 12.1 Å². The molecule has 0 aromatic heterocycles. The fraction of sp³-hybridized carbons (Fsp3) is 0.429. The molecule has 1 amide bonds. The summed E-state index contributed by atoms with van der Waals surface area (Å²) >= 11 is 0. The molecule has 0 saturated heterocycles. The molecule has 0 fully saturated rings. The summed E-state index contributed by atoms with van der Waals surface area (Å²) in [7, 11) is -3.54. The van der Waals surface area contributed by atoms with Crippen LogP contribution >= 0.6 is 0 Å². The number of amides is 1. The van der Waals surface area contributed by atoms with Crippen LogP contribution in [0.25, 0.3) is 0 Å². The number of carboxylic acid groups (broad SMARTS) is 1. The quantitative estimate of drug-likeness (QED) is 0.774. The molecule has 0 bridgehead atoms. The second-order valence-electron chi connectivity index (χ2n) is 5.10. The normalized spacial score (nSPS) is 12.9. The Balaban J connectivity index is 2.72. The molecule has 22 heavy (non-hydrogen) atoms. The van der Waals surface area contributed by atoms with Crippen LogP contribution in [0.1, 0.15) is 25.3 Å². The fourth-order valence-electron chi connectivity index (χ4n) is 1.66. The number of halogens is 1. The minimum absolute atomic E-state index is 0.270. The number of carbonyl (C=O) groups is 2. The molecule has 122 valence electrons. The summed E-state index contributed by atoms with van der Waals surface area (Å²) in [5, 5.41) is 10.8. The van der Waals surface area contributed by atoms with Crippen molar-refractivity contribution in [3.05, 3.63) is 35.6 Å². The highest BCUT2D eigenvalue weighted by Gasteiger charge is 2.24. The molecule has 1 atom stereocenters. The molecule has 2 N–H and O–H groups in total. The predicted molar refractivity (Wildman–Crippen MR) is 78.7 cm³/mol. The summed E-state index contributed by atoms with van der Waals surface area (Å²) in [4.78, 5) is 22.9. The summed E-state index contributed by atoms with van der Waals surface area (Å²) in [6.45, 7) is 2.65. The summed E-state index contributed by atoms with van der Waals surface area (Å²) in [6, 6.07) is 4.86. The smallest absolute Gasteiger partial charge is 0.312 e. The number of sulfone groups is 1. The van der Waals surface area contributed by atoms with Crippen LogP contribution < -0.4 is 5.32 Å². The molecule has 6 nitrogen and oxygen atoms in total. The van der Waals surface area contributed by atoms with E-state index < -0.39 is 44.5 Å². The highest BCUT2D eigenvalue weighted by Crippen LogP contribution is 2.16. The number of carboxylic acids is 1. The number of carbonyl (C=O) groups excluding carboxylic acids is 1. The summed E-state index contributed by atoms with van der Waals surface area (Å²) in [6.07, 6.45) is 0. The first-order valence-corrected chi connectivity index (χ1v) is 8.31. The zero-order valence-electron chi connectivity index (χ0n) is 12.2. The summed E-state index contributed by atoms with van der Waals surface area (Å²) in [5.74, 6) is -4.23. The highest BCUT2D eigenvalue weighted by atomic mass is 32.2. The summed E-state index contributed by atoms with van der Waals surface area (Å²) in [5.41, 5.74) is 0.320. The molecule has 1 aromatic carbocycles. The maximum Gasteiger partial charge on any atom is 0.312 e. The number of benzene rings is 1. The van der Waals surface area contributed by atoms with Gasteiger partial charge in [0, 0.05) is 6.54 Å². The van der Waals surface area contributed by atoms with Crippen molar-refractivity contribution in [3.63, 3.8) is 0 Å². The van der Waals surface area contributed by atoms with Crippen LogP contribution in [0, 0.1) is 5.82 Å². The Kier molecular flexibility index (Phi) is 6.04. The lowest BCUT2D eigenvalue weighted by atomic mass is 9.99. The van der Waals surface area contributed by atoms with Crippen molar-refractivity contribution in [1.29, 1.82) is 0 Å². The fourth-order valence-corrected chi connectivity index (χ4v) is 2.46. The molecule has 1 unspecified atom stereocenters. The lowest BCUT2D eigenvalue weighted by Crippen LogP contribution is -2.37. The lowest BCUT2D eigenvalue weighted by molar-refractivity contribution is -0.138. The molecule has 0 aliphatic rings. The largest absolute Gasteiger partial charge is 0.481 e. The average molecular weight is 331 g/mol. The average Bonchev–Trinajstić information content (AvgIpc) is 2.39. The molecule has 0 radical (unpaired) electrons. The van der Waals surface area contributed by atoms with Gasteiger partial charge in [0.15, 0.2) is 9.84 Å². The second-order valence-corrected chi connectivity index (χ2v) is 7.66. The van der Waals surface area contributed by atoms with Gasteiger partial charge in [-0.3, -0.25) is 9.59 Å². The van der Waals surface area contributed by atoms with Crippen molar-refractivity contribution in [2.24, 2.45) is 0 Å². The van der Waals surface area contributed by atoms with Crippen molar-refractivity contribution in [1.82, 2.24) is 5.32 Å². The Bertz CT molecular complexity index is 640. The van der Waals surface area contributed by atoms with Crippen LogP contribution in [-0.2, 0) is 19.4 Å². The zero-order valence-corrected chi connectivity index (χ0v) is 13.1. The number of hydrogen-bond donors (Lipinski definition) is 2. The Morgan fingerprint density at radius 2 is 1.77 bits per heavy atom. The van der Waals surface area contributed by atoms with Crippen LogP contribution in [0.4, 0.5) is 4.39 Å².